The van der Waals surface area contributed by atoms with E-state index in [9.17, 15) is 9.59 Å². The molecule has 5 heteroatoms. The lowest BCUT2D eigenvalue weighted by atomic mass is 10.2. The van der Waals surface area contributed by atoms with Crippen molar-refractivity contribution < 1.29 is 14.1 Å². The molecule has 0 unspecified atom stereocenters. The minimum absolute atomic E-state index is 0.0289. The van der Waals surface area contributed by atoms with E-state index in [4.69, 9.17) is 9.26 Å². The molecule has 1 aromatic heterocycles. The standard InChI is InChI=1S/C10H15NO4/c1-4-7-8(10(13)14-6-3)9(12)11(5-2)15-7/h4-6H2,1-3H3. The van der Waals surface area contributed by atoms with Crippen molar-refractivity contribution in [3.63, 3.8) is 0 Å². The fourth-order valence-electron chi connectivity index (χ4n) is 1.32. The predicted molar refractivity (Wildman–Crippen MR) is 54.0 cm³/mol. The van der Waals surface area contributed by atoms with E-state index in [1.54, 1.807) is 13.8 Å². The number of aryl methyl sites for hydroxylation is 2. The van der Waals surface area contributed by atoms with Gasteiger partial charge >= 0.3 is 5.97 Å². The van der Waals surface area contributed by atoms with Crippen molar-refractivity contribution in [1.82, 2.24) is 4.74 Å². The van der Waals surface area contributed by atoms with Crippen LogP contribution in [0.4, 0.5) is 0 Å². The van der Waals surface area contributed by atoms with Gasteiger partial charge in [-0.1, -0.05) is 6.92 Å². The summed E-state index contributed by atoms with van der Waals surface area (Å²) in [5, 5.41) is 0. The Morgan fingerprint density at radius 1 is 1.40 bits per heavy atom. The molecule has 0 fully saturated rings. The van der Waals surface area contributed by atoms with Gasteiger partial charge in [0, 0.05) is 6.42 Å². The maximum atomic E-state index is 11.7. The van der Waals surface area contributed by atoms with E-state index in [2.05, 4.69) is 0 Å². The number of carbonyl (C=O) groups excluding carboxylic acids is 1. The molecule has 0 amide bonds. The zero-order chi connectivity index (χ0) is 11.4. The number of ether oxygens (including phenoxy) is 1. The molecule has 1 heterocycles. The molecule has 0 aliphatic rings. The molecule has 0 N–H and O–H groups in total. The van der Waals surface area contributed by atoms with Crippen molar-refractivity contribution in [3.05, 3.63) is 21.7 Å². The van der Waals surface area contributed by atoms with Gasteiger partial charge in [0.1, 0.15) is 0 Å². The van der Waals surface area contributed by atoms with Crippen LogP contribution in [0, 0.1) is 0 Å². The summed E-state index contributed by atoms with van der Waals surface area (Å²) in [6.07, 6.45) is 0.496. The molecule has 1 aromatic rings. The van der Waals surface area contributed by atoms with E-state index in [1.165, 1.54) is 0 Å². The summed E-state index contributed by atoms with van der Waals surface area (Å²) in [4.78, 5) is 23.1. The molecular formula is C10H15NO4. The first kappa shape index (κ1) is 11.6. The largest absolute Gasteiger partial charge is 0.462 e. The second-order valence-electron chi connectivity index (χ2n) is 2.96. The Morgan fingerprint density at radius 3 is 2.53 bits per heavy atom. The summed E-state index contributed by atoms with van der Waals surface area (Å²) >= 11 is 0. The molecule has 0 atom stereocenters. The highest BCUT2D eigenvalue weighted by atomic mass is 16.5. The number of nitrogens with zero attached hydrogens (tertiary/aromatic N) is 1. The van der Waals surface area contributed by atoms with Crippen molar-refractivity contribution >= 4 is 5.97 Å². The topological polar surface area (TPSA) is 61.4 Å². The van der Waals surface area contributed by atoms with E-state index in [-0.39, 0.29) is 12.2 Å². The van der Waals surface area contributed by atoms with Crippen LogP contribution in [-0.2, 0) is 17.7 Å². The Hall–Kier alpha value is -1.52. The fourth-order valence-corrected chi connectivity index (χ4v) is 1.32. The summed E-state index contributed by atoms with van der Waals surface area (Å²) < 4.78 is 11.2. The highest BCUT2D eigenvalue weighted by Gasteiger charge is 2.22. The molecule has 0 aliphatic heterocycles. The Bertz CT molecular complexity index is 402. The van der Waals surface area contributed by atoms with Crippen LogP contribution >= 0.6 is 0 Å². The average molecular weight is 213 g/mol. The minimum Gasteiger partial charge on any atom is -0.462 e. The van der Waals surface area contributed by atoms with Gasteiger partial charge in [0.25, 0.3) is 5.56 Å². The number of aromatic nitrogens is 1. The van der Waals surface area contributed by atoms with Gasteiger partial charge in [0.05, 0.1) is 13.2 Å². The molecular weight excluding hydrogens is 198 g/mol. The van der Waals surface area contributed by atoms with Crippen LogP contribution in [0.15, 0.2) is 9.32 Å². The smallest absolute Gasteiger partial charge is 0.347 e. The summed E-state index contributed by atoms with van der Waals surface area (Å²) in [5.74, 6) is -0.212. The summed E-state index contributed by atoms with van der Waals surface area (Å²) in [5.41, 5.74) is -0.381. The first-order chi connectivity index (χ1) is 7.15. The summed E-state index contributed by atoms with van der Waals surface area (Å²) in [7, 11) is 0. The molecule has 15 heavy (non-hydrogen) atoms. The molecule has 0 aliphatic carbocycles. The van der Waals surface area contributed by atoms with Crippen LogP contribution in [0.5, 0.6) is 0 Å². The summed E-state index contributed by atoms with van der Waals surface area (Å²) in [6, 6.07) is 0. The second kappa shape index (κ2) is 4.82. The van der Waals surface area contributed by atoms with Gasteiger partial charge in [-0.15, -0.1) is 0 Å². The van der Waals surface area contributed by atoms with Gasteiger partial charge in [-0.2, -0.15) is 4.74 Å². The number of hydrogen-bond acceptors (Lipinski definition) is 4. The number of hydrogen-bond donors (Lipinski definition) is 0. The monoisotopic (exact) mass is 213 g/mol. The van der Waals surface area contributed by atoms with Gasteiger partial charge in [-0.3, -0.25) is 4.79 Å². The van der Waals surface area contributed by atoms with Crippen molar-refractivity contribution in [1.29, 1.82) is 0 Å². The SMILES string of the molecule is CCOC(=O)c1c(CC)on(CC)c1=O. The lowest BCUT2D eigenvalue weighted by molar-refractivity contribution is 0.0522. The first-order valence-corrected chi connectivity index (χ1v) is 5.05. The van der Waals surface area contributed by atoms with Gasteiger partial charge in [-0.25, -0.2) is 4.79 Å². The lowest BCUT2D eigenvalue weighted by Crippen LogP contribution is -2.21. The van der Waals surface area contributed by atoms with Crippen molar-refractivity contribution in [2.45, 2.75) is 33.7 Å². The molecule has 0 bridgehead atoms. The number of esters is 1. The molecule has 1 rings (SSSR count). The quantitative estimate of drug-likeness (QED) is 0.705. The van der Waals surface area contributed by atoms with Crippen molar-refractivity contribution in [3.8, 4) is 0 Å². The third-order valence-corrected chi connectivity index (χ3v) is 2.03. The van der Waals surface area contributed by atoms with Crippen LogP contribution in [0.2, 0.25) is 0 Å². The highest BCUT2D eigenvalue weighted by molar-refractivity contribution is 5.90. The van der Waals surface area contributed by atoms with E-state index < -0.39 is 11.5 Å². The van der Waals surface area contributed by atoms with E-state index in [1.807, 2.05) is 6.92 Å². The highest BCUT2D eigenvalue weighted by Crippen LogP contribution is 2.08. The van der Waals surface area contributed by atoms with Crippen molar-refractivity contribution in [2.24, 2.45) is 0 Å². The second-order valence-corrected chi connectivity index (χ2v) is 2.96. The molecule has 0 aromatic carbocycles. The maximum absolute atomic E-state index is 11.7. The van der Waals surface area contributed by atoms with Crippen molar-refractivity contribution in [2.75, 3.05) is 6.61 Å². The molecule has 84 valence electrons. The van der Waals surface area contributed by atoms with E-state index >= 15 is 0 Å². The van der Waals surface area contributed by atoms with E-state index in [0.717, 1.165) is 4.74 Å². The number of carbonyl (C=O) groups is 1. The van der Waals surface area contributed by atoms with Gasteiger partial charge < -0.3 is 9.26 Å². The third kappa shape index (κ3) is 2.11. The van der Waals surface area contributed by atoms with E-state index in [0.29, 0.717) is 18.7 Å². The van der Waals surface area contributed by atoms with Crippen LogP contribution in [0.1, 0.15) is 36.9 Å². The van der Waals surface area contributed by atoms with Gasteiger partial charge in [0.2, 0.25) is 0 Å². The third-order valence-electron chi connectivity index (χ3n) is 2.03. The molecule has 0 saturated heterocycles. The Labute approximate surface area is 87.6 Å². The Kier molecular flexibility index (Phi) is 3.71. The predicted octanol–water partition coefficient (Wildman–Crippen LogP) is 1.20. The van der Waals surface area contributed by atoms with Crippen LogP contribution in [-0.4, -0.2) is 17.3 Å². The molecule has 0 spiro atoms. The minimum atomic E-state index is -0.602. The summed E-state index contributed by atoms with van der Waals surface area (Å²) in [6.45, 7) is 5.95. The Morgan fingerprint density at radius 2 is 2.07 bits per heavy atom. The number of rotatable bonds is 4. The fraction of sp³-hybridized carbons (Fsp3) is 0.600. The van der Waals surface area contributed by atoms with Crippen LogP contribution in [0.3, 0.4) is 0 Å². The van der Waals surface area contributed by atoms with Gasteiger partial charge in [-0.05, 0) is 13.8 Å². The zero-order valence-electron chi connectivity index (χ0n) is 9.20. The lowest BCUT2D eigenvalue weighted by Gasteiger charge is -1.97. The normalized spacial score (nSPS) is 10.3. The Balaban J connectivity index is 3.20. The average Bonchev–Trinajstić information content (AvgIpc) is 2.55. The van der Waals surface area contributed by atoms with Crippen LogP contribution < -0.4 is 5.56 Å². The van der Waals surface area contributed by atoms with Gasteiger partial charge in [0.15, 0.2) is 11.3 Å². The molecule has 0 saturated carbocycles. The maximum Gasteiger partial charge on any atom is 0.347 e. The molecule has 5 nitrogen and oxygen atoms in total. The molecule has 0 radical (unpaired) electrons. The zero-order valence-corrected chi connectivity index (χ0v) is 9.20. The van der Waals surface area contributed by atoms with Crippen LogP contribution in [0.25, 0.3) is 0 Å². The first-order valence-electron chi connectivity index (χ1n) is 5.05.